The smallest absolute Gasteiger partial charge is 0.317 e. The van der Waals surface area contributed by atoms with E-state index in [1.807, 2.05) is 6.08 Å². The second-order valence-corrected chi connectivity index (χ2v) is 8.21. The Kier molecular flexibility index (Phi) is 6.32. The van der Waals surface area contributed by atoms with Crippen LogP contribution in [0, 0.1) is 11.3 Å². The predicted molar refractivity (Wildman–Crippen MR) is 81.1 cm³/mol. The highest BCUT2D eigenvalue weighted by Gasteiger charge is 2.33. The Bertz CT molecular complexity index is 470. The average molecular weight is 317 g/mol. The summed E-state index contributed by atoms with van der Waals surface area (Å²) in [6, 6.07) is 0. The minimum atomic E-state index is -3.51. The third-order valence-corrected chi connectivity index (χ3v) is 5.06. The molecular weight excluding hydrogens is 293 g/mol. The Morgan fingerprint density at radius 3 is 2.38 bits per heavy atom. The number of carbonyl (C=O) groups is 1. The van der Waals surface area contributed by atoms with Crippen molar-refractivity contribution in [3.8, 4) is 0 Å². The molecule has 0 spiro atoms. The van der Waals surface area contributed by atoms with Gasteiger partial charge >= 0.3 is 13.6 Å². The van der Waals surface area contributed by atoms with Crippen molar-refractivity contribution < 1.29 is 23.2 Å². The van der Waals surface area contributed by atoms with E-state index >= 15 is 0 Å². The highest BCUT2D eigenvalue weighted by atomic mass is 31.2. The molecule has 120 valence electrons. The molecular formula is C14H24NO5P. The fourth-order valence-corrected chi connectivity index (χ4v) is 2.98. The maximum absolute atomic E-state index is 12.5. The van der Waals surface area contributed by atoms with Crippen molar-refractivity contribution in [1.29, 1.82) is 0 Å². The SMILES string of the molecule is COP(=O)(OC)/C(CC1C=CCC1)=N\OC(=O)C(C)(C)C. The van der Waals surface area contributed by atoms with Gasteiger partial charge in [0.05, 0.1) is 5.41 Å². The van der Waals surface area contributed by atoms with Crippen LogP contribution in [0.15, 0.2) is 17.3 Å². The molecule has 1 aliphatic carbocycles. The van der Waals surface area contributed by atoms with E-state index in [1.54, 1.807) is 20.8 Å². The molecule has 0 aromatic carbocycles. The van der Waals surface area contributed by atoms with E-state index < -0.39 is 19.0 Å². The molecule has 1 rings (SSSR count). The molecule has 0 saturated heterocycles. The number of rotatable bonds is 6. The number of allylic oxidation sites excluding steroid dienone is 2. The fraction of sp³-hybridized carbons (Fsp3) is 0.714. The van der Waals surface area contributed by atoms with Crippen molar-refractivity contribution in [1.82, 2.24) is 0 Å². The van der Waals surface area contributed by atoms with Gasteiger partial charge in [-0.15, -0.1) is 0 Å². The molecule has 0 radical (unpaired) electrons. The van der Waals surface area contributed by atoms with E-state index in [4.69, 9.17) is 13.9 Å². The highest BCUT2D eigenvalue weighted by Crippen LogP contribution is 2.50. The quantitative estimate of drug-likeness (QED) is 0.245. The average Bonchev–Trinajstić information content (AvgIpc) is 2.94. The van der Waals surface area contributed by atoms with Gasteiger partial charge in [-0.25, -0.2) is 4.79 Å². The first-order valence-electron chi connectivity index (χ1n) is 6.90. The number of nitrogens with zero attached hydrogens (tertiary/aromatic N) is 1. The summed E-state index contributed by atoms with van der Waals surface area (Å²) in [5, 5.41) is 3.79. The van der Waals surface area contributed by atoms with E-state index in [9.17, 15) is 9.36 Å². The van der Waals surface area contributed by atoms with Crippen LogP contribution < -0.4 is 0 Å². The van der Waals surface area contributed by atoms with Crippen LogP contribution in [-0.4, -0.2) is 25.6 Å². The molecule has 0 bridgehead atoms. The van der Waals surface area contributed by atoms with Crippen molar-refractivity contribution >= 4 is 19.0 Å². The summed E-state index contributed by atoms with van der Waals surface area (Å²) in [6.07, 6.45) is 6.40. The number of hydrogen-bond acceptors (Lipinski definition) is 6. The van der Waals surface area contributed by atoms with Crippen LogP contribution in [0.25, 0.3) is 0 Å². The summed E-state index contributed by atoms with van der Waals surface area (Å²) in [4.78, 5) is 16.7. The molecule has 21 heavy (non-hydrogen) atoms. The van der Waals surface area contributed by atoms with Gasteiger partial charge in [0.1, 0.15) is 0 Å². The van der Waals surface area contributed by atoms with E-state index in [2.05, 4.69) is 11.2 Å². The first kappa shape index (κ1) is 18.1. The first-order chi connectivity index (χ1) is 9.73. The molecule has 0 aromatic heterocycles. The summed E-state index contributed by atoms with van der Waals surface area (Å²) in [5.41, 5.74) is -0.548. The molecule has 1 unspecified atom stereocenters. The summed E-state index contributed by atoms with van der Waals surface area (Å²) in [6.45, 7) is 5.16. The minimum Gasteiger partial charge on any atom is -0.317 e. The molecule has 0 aliphatic heterocycles. The third-order valence-electron chi connectivity index (χ3n) is 3.20. The minimum absolute atomic E-state index is 0.140. The lowest BCUT2D eigenvalue weighted by Crippen LogP contribution is -2.22. The normalized spacial score (nSPS) is 19.9. The summed E-state index contributed by atoms with van der Waals surface area (Å²) >= 11 is 0. The van der Waals surface area contributed by atoms with Gasteiger partial charge in [0.15, 0.2) is 5.45 Å². The zero-order valence-electron chi connectivity index (χ0n) is 13.3. The summed E-state index contributed by atoms with van der Waals surface area (Å²) in [7, 11) is -0.938. The molecule has 6 nitrogen and oxygen atoms in total. The lowest BCUT2D eigenvalue weighted by molar-refractivity contribution is -0.152. The monoisotopic (exact) mass is 317 g/mol. The van der Waals surface area contributed by atoms with Gasteiger partial charge in [-0.3, -0.25) is 4.57 Å². The molecule has 0 amide bonds. The zero-order chi connectivity index (χ0) is 16.1. The number of hydrogen-bond donors (Lipinski definition) is 0. The van der Waals surface area contributed by atoms with E-state index in [1.165, 1.54) is 14.2 Å². The van der Waals surface area contributed by atoms with Gasteiger partial charge in [0.25, 0.3) is 0 Å². The molecule has 0 N–H and O–H groups in total. The van der Waals surface area contributed by atoms with Gasteiger partial charge < -0.3 is 13.9 Å². The Hall–Kier alpha value is -0.970. The maximum atomic E-state index is 12.5. The van der Waals surface area contributed by atoms with Gasteiger partial charge in [-0.2, -0.15) is 0 Å². The predicted octanol–water partition coefficient (Wildman–Crippen LogP) is 3.73. The first-order valence-corrected chi connectivity index (χ1v) is 8.44. The third kappa shape index (κ3) is 5.06. The topological polar surface area (TPSA) is 74.2 Å². The van der Waals surface area contributed by atoms with Crippen LogP contribution in [0.2, 0.25) is 0 Å². The molecule has 7 heteroatoms. The number of carbonyl (C=O) groups excluding carboxylic acids is 1. The van der Waals surface area contributed by atoms with Gasteiger partial charge in [-0.05, 0) is 39.5 Å². The largest absolute Gasteiger partial charge is 0.378 e. The molecule has 0 saturated carbocycles. The highest BCUT2D eigenvalue weighted by molar-refractivity contribution is 7.72. The summed E-state index contributed by atoms with van der Waals surface area (Å²) < 4.78 is 22.4. The second-order valence-electron chi connectivity index (χ2n) is 5.97. The second kappa shape index (κ2) is 7.34. The van der Waals surface area contributed by atoms with Gasteiger partial charge in [-0.1, -0.05) is 17.3 Å². The van der Waals surface area contributed by atoms with Gasteiger partial charge in [0.2, 0.25) is 0 Å². The Balaban J connectivity index is 2.92. The van der Waals surface area contributed by atoms with Crippen molar-refractivity contribution in [3.63, 3.8) is 0 Å². The van der Waals surface area contributed by atoms with Gasteiger partial charge in [0, 0.05) is 20.6 Å². The van der Waals surface area contributed by atoms with Crippen molar-refractivity contribution in [3.05, 3.63) is 12.2 Å². The van der Waals surface area contributed by atoms with Crippen molar-refractivity contribution in [2.75, 3.05) is 14.2 Å². The molecule has 0 heterocycles. The van der Waals surface area contributed by atoms with Crippen LogP contribution in [0.4, 0.5) is 0 Å². The van der Waals surface area contributed by atoms with Crippen LogP contribution in [0.3, 0.4) is 0 Å². The Labute approximate surface area is 126 Å². The molecule has 0 aromatic rings. The van der Waals surface area contributed by atoms with E-state index in [-0.39, 0.29) is 11.4 Å². The van der Waals surface area contributed by atoms with Crippen LogP contribution in [-0.2, 0) is 23.2 Å². The van der Waals surface area contributed by atoms with Crippen molar-refractivity contribution in [2.24, 2.45) is 16.5 Å². The van der Waals surface area contributed by atoms with E-state index in [0.29, 0.717) is 6.42 Å². The van der Waals surface area contributed by atoms with Crippen LogP contribution in [0.1, 0.15) is 40.0 Å². The lowest BCUT2D eigenvalue weighted by Gasteiger charge is -2.18. The standard InChI is InChI=1S/C14H24NO5P/c1-14(2,3)13(16)20-15-12(21(17,18-4)19-5)10-11-8-6-7-9-11/h6,8,11H,7,9-10H2,1-5H3/b15-12-. The van der Waals surface area contributed by atoms with E-state index in [0.717, 1.165) is 12.8 Å². The van der Waals surface area contributed by atoms with Crippen LogP contribution >= 0.6 is 7.60 Å². The van der Waals surface area contributed by atoms with Crippen molar-refractivity contribution in [2.45, 2.75) is 40.0 Å². The zero-order valence-corrected chi connectivity index (χ0v) is 14.2. The van der Waals surface area contributed by atoms with Crippen LogP contribution in [0.5, 0.6) is 0 Å². The fourth-order valence-electron chi connectivity index (χ4n) is 1.82. The molecule has 0 fully saturated rings. The summed E-state index contributed by atoms with van der Waals surface area (Å²) in [5.74, 6) is -0.295. The molecule has 1 aliphatic rings. The maximum Gasteiger partial charge on any atom is 0.378 e. The Morgan fingerprint density at radius 2 is 1.95 bits per heavy atom. The lowest BCUT2D eigenvalue weighted by atomic mass is 9.98. The Morgan fingerprint density at radius 1 is 1.33 bits per heavy atom. The molecule has 1 atom stereocenters. The number of oxime groups is 1.